The van der Waals surface area contributed by atoms with Crippen LogP contribution < -0.4 is 14.8 Å². The van der Waals surface area contributed by atoms with Crippen LogP contribution in [-0.2, 0) is 30.3 Å². The van der Waals surface area contributed by atoms with Crippen LogP contribution in [0.25, 0.3) is 0 Å². The highest BCUT2D eigenvalue weighted by Gasteiger charge is 2.29. The van der Waals surface area contributed by atoms with E-state index in [9.17, 15) is 24.3 Å². The third-order valence-corrected chi connectivity index (χ3v) is 5.20. The number of hydrogen-bond acceptors (Lipinski definition) is 9. The Labute approximate surface area is 219 Å². The second kappa shape index (κ2) is 13.4. The highest BCUT2D eigenvalue weighted by atomic mass is 16.7. The van der Waals surface area contributed by atoms with Crippen LogP contribution in [-0.4, -0.2) is 54.0 Å². The molecule has 208 valence electrons. The van der Waals surface area contributed by atoms with E-state index < -0.39 is 47.0 Å². The lowest BCUT2D eigenvalue weighted by Crippen LogP contribution is -2.42. The zero-order valence-electron chi connectivity index (χ0n) is 23.3. The van der Waals surface area contributed by atoms with Crippen molar-refractivity contribution in [3.8, 4) is 11.5 Å². The van der Waals surface area contributed by atoms with E-state index in [1.54, 1.807) is 61.5 Å². The van der Waals surface area contributed by atoms with Crippen molar-refractivity contribution in [1.82, 2.24) is 5.32 Å². The Kier molecular flexibility index (Phi) is 11.6. The predicted octanol–water partition coefficient (Wildman–Crippen LogP) is 4.52. The van der Waals surface area contributed by atoms with Crippen LogP contribution >= 0.6 is 0 Å². The van der Waals surface area contributed by atoms with Crippen molar-refractivity contribution < 1.29 is 43.2 Å². The molecular weight excluding hydrogens is 482 g/mol. The first kappa shape index (κ1) is 31.9. The summed E-state index contributed by atoms with van der Waals surface area (Å²) in [5.41, 5.74) is -1.09. The molecule has 1 aromatic carbocycles. The quantitative estimate of drug-likeness (QED) is 0.315. The lowest BCUT2D eigenvalue weighted by atomic mass is 9.97. The van der Waals surface area contributed by atoms with Gasteiger partial charge < -0.3 is 29.4 Å². The van der Waals surface area contributed by atoms with Crippen LogP contribution in [0.5, 0.6) is 11.5 Å². The molecule has 0 aliphatic heterocycles. The second-order valence-electron chi connectivity index (χ2n) is 11.1. The second-order valence-corrected chi connectivity index (χ2v) is 11.1. The first-order valence-corrected chi connectivity index (χ1v) is 12.3. The summed E-state index contributed by atoms with van der Waals surface area (Å²) in [7, 11) is 0. The number of benzene rings is 1. The Bertz CT molecular complexity index is 960. The molecule has 1 rings (SSSR count). The molecule has 0 fully saturated rings. The van der Waals surface area contributed by atoms with Crippen molar-refractivity contribution in [3.05, 3.63) is 23.8 Å². The molecular formula is C27H41NO9. The number of rotatable bonds is 11. The van der Waals surface area contributed by atoms with E-state index in [1.165, 1.54) is 12.1 Å². The minimum atomic E-state index is -1.12. The van der Waals surface area contributed by atoms with Crippen molar-refractivity contribution in [3.63, 3.8) is 0 Å². The van der Waals surface area contributed by atoms with Crippen molar-refractivity contribution in [2.45, 2.75) is 93.4 Å². The molecule has 0 aliphatic rings. The van der Waals surface area contributed by atoms with E-state index in [2.05, 4.69) is 5.32 Å². The van der Waals surface area contributed by atoms with Gasteiger partial charge in [0.2, 0.25) is 0 Å². The number of ether oxygens (including phenoxy) is 4. The summed E-state index contributed by atoms with van der Waals surface area (Å²) >= 11 is 0. The summed E-state index contributed by atoms with van der Waals surface area (Å²) in [6, 6.07) is 3.52. The number of carbonyl (C=O) groups is 4. The van der Waals surface area contributed by atoms with Gasteiger partial charge in [-0.1, -0.05) is 13.0 Å². The number of carbonyl (C=O) groups excluding carboxylic acids is 3. The molecule has 0 aliphatic carbocycles. The molecule has 2 unspecified atom stereocenters. The molecule has 0 saturated carbocycles. The van der Waals surface area contributed by atoms with E-state index in [0.717, 1.165) is 0 Å². The van der Waals surface area contributed by atoms with Gasteiger partial charge in [0, 0.05) is 6.54 Å². The minimum absolute atomic E-state index is 0.0173. The SMILES string of the molecule is CCC(C)OC(=O)OC(C)CN[C@@H](Cc1ccc(OC(=O)C(C)(C)C)c(OC(=O)C(C)(C)C)c1)C(=O)O. The fourth-order valence-electron chi connectivity index (χ4n) is 2.62. The van der Waals surface area contributed by atoms with Crippen molar-refractivity contribution in [2.24, 2.45) is 10.8 Å². The Balaban J connectivity index is 3.04. The highest BCUT2D eigenvalue weighted by molar-refractivity contribution is 5.81. The maximum Gasteiger partial charge on any atom is 0.508 e. The van der Waals surface area contributed by atoms with Crippen LogP contribution in [0.4, 0.5) is 4.79 Å². The molecule has 37 heavy (non-hydrogen) atoms. The van der Waals surface area contributed by atoms with Gasteiger partial charge in [-0.25, -0.2) is 4.79 Å². The van der Waals surface area contributed by atoms with Gasteiger partial charge >= 0.3 is 24.1 Å². The highest BCUT2D eigenvalue weighted by Crippen LogP contribution is 2.33. The standard InChI is InChI=1S/C27H41NO9/c1-10-16(2)34-25(33)35-17(3)15-28-19(22(29)30)13-18-11-12-20(36-23(31)26(4,5)6)21(14-18)37-24(32)27(7,8)9/h11-12,14,16-17,19,28H,10,13,15H2,1-9H3,(H,29,30)/t16?,17?,19-/m0/s1. The molecule has 0 radical (unpaired) electrons. The van der Waals surface area contributed by atoms with Gasteiger partial charge in [0.25, 0.3) is 0 Å². The molecule has 0 heterocycles. The third-order valence-electron chi connectivity index (χ3n) is 5.20. The zero-order chi connectivity index (χ0) is 28.6. The average molecular weight is 524 g/mol. The Morgan fingerprint density at radius 1 is 0.865 bits per heavy atom. The zero-order valence-corrected chi connectivity index (χ0v) is 23.3. The molecule has 0 saturated heterocycles. The Morgan fingerprint density at radius 2 is 1.38 bits per heavy atom. The summed E-state index contributed by atoms with van der Waals surface area (Å²) in [6.45, 7) is 15.5. The van der Waals surface area contributed by atoms with Gasteiger partial charge in [-0.05, 0) is 85.9 Å². The van der Waals surface area contributed by atoms with Gasteiger partial charge in [-0.3, -0.25) is 14.4 Å². The molecule has 2 N–H and O–H groups in total. The Morgan fingerprint density at radius 3 is 1.86 bits per heavy atom. The van der Waals surface area contributed by atoms with Crippen LogP contribution in [0.1, 0.15) is 74.3 Å². The number of esters is 2. The van der Waals surface area contributed by atoms with E-state index in [0.29, 0.717) is 12.0 Å². The molecule has 0 amide bonds. The van der Waals surface area contributed by atoms with E-state index >= 15 is 0 Å². The lowest BCUT2D eigenvalue weighted by molar-refractivity contribution is -0.145. The first-order chi connectivity index (χ1) is 16.9. The van der Waals surface area contributed by atoms with Gasteiger partial charge in [-0.2, -0.15) is 0 Å². The smallest absolute Gasteiger partial charge is 0.480 e. The summed E-state index contributed by atoms with van der Waals surface area (Å²) in [4.78, 5) is 48.7. The first-order valence-electron chi connectivity index (χ1n) is 12.3. The van der Waals surface area contributed by atoms with Crippen molar-refractivity contribution >= 4 is 24.1 Å². The molecule has 10 nitrogen and oxygen atoms in total. The van der Waals surface area contributed by atoms with Gasteiger partial charge in [0.15, 0.2) is 11.5 Å². The topological polar surface area (TPSA) is 137 Å². The summed E-state index contributed by atoms with van der Waals surface area (Å²) in [6.07, 6.45) is -1.08. The van der Waals surface area contributed by atoms with E-state index in [1.807, 2.05) is 6.92 Å². The molecule has 1 aromatic rings. The number of carboxylic acids is 1. The average Bonchev–Trinajstić information content (AvgIpc) is 2.76. The largest absolute Gasteiger partial charge is 0.508 e. The maximum absolute atomic E-state index is 12.5. The van der Waals surface area contributed by atoms with Crippen LogP contribution in [0.15, 0.2) is 18.2 Å². The molecule has 10 heteroatoms. The van der Waals surface area contributed by atoms with Crippen LogP contribution in [0.2, 0.25) is 0 Å². The molecule has 0 aromatic heterocycles. The lowest BCUT2D eigenvalue weighted by Gasteiger charge is -2.22. The van der Waals surface area contributed by atoms with E-state index in [4.69, 9.17) is 18.9 Å². The van der Waals surface area contributed by atoms with Crippen molar-refractivity contribution in [1.29, 1.82) is 0 Å². The summed E-state index contributed by atoms with van der Waals surface area (Å²) in [5, 5.41) is 12.6. The molecule has 3 atom stereocenters. The summed E-state index contributed by atoms with van der Waals surface area (Å²) < 4.78 is 21.2. The fraction of sp³-hybridized carbons (Fsp3) is 0.630. The fourth-order valence-corrected chi connectivity index (χ4v) is 2.62. The number of hydrogen-bond donors (Lipinski definition) is 2. The molecule has 0 bridgehead atoms. The molecule has 0 spiro atoms. The van der Waals surface area contributed by atoms with E-state index in [-0.39, 0.29) is 30.6 Å². The minimum Gasteiger partial charge on any atom is -0.480 e. The van der Waals surface area contributed by atoms with Crippen LogP contribution in [0, 0.1) is 10.8 Å². The van der Waals surface area contributed by atoms with Gasteiger partial charge in [-0.15, -0.1) is 0 Å². The number of nitrogens with one attached hydrogen (secondary N) is 1. The number of carboxylic acid groups (broad SMARTS) is 1. The normalized spacial score (nSPS) is 14.2. The van der Waals surface area contributed by atoms with Crippen LogP contribution in [0.3, 0.4) is 0 Å². The Hall–Kier alpha value is -3.14. The maximum atomic E-state index is 12.5. The van der Waals surface area contributed by atoms with Crippen molar-refractivity contribution in [2.75, 3.05) is 6.54 Å². The monoisotopic (exact) mass is 523 g/mol. The van der Waals surface area contributed by atoms with Gasteiger partial charge in [0.05, 0.1) is 10.8 Å². The predicted molar refractivity (Wildman–Crippen MR) is 137 cm³/mol. The number of aliphatic carboxylic acids is 1. The summed E-state index contributed by atoms with van der Waals surface area (Å²) in [5.74, 6) is -2.10. The van der Waals surface area contributed by atoms with Gasteiger partial charge in [0.1, 0.15) is 18.2 Å². The third kappa shape index (κ3) is 11.2.